The lowest BCUT2D eigenvalue weighted by molar-refractivity contribution is -0.884. The first-order chi connectivity index (χ1) is 8.64. The number of benzene rings is 1. The second-order valence-electron chi connectivity index (χ2n) is 5.38. The van der Waals surface area contributed by atoms with E-state index in [9.17, 15) is 0 Å². The summed E-state index contributed by atoms with van der Waals surface area (Å²) in [5.41, 5.74) is 1.25. The van der Waals surface area contributed by atoms with Gasteiger partial charge in [0.15, 0.2) is 0 Å². The summed E-state index contributed by atoms with van der Waals surface area (Å²) >= 11 is 0. The summed E-state index contributed by atoms with van der Waals surface area (Å²) in [5, 5.41) is 0. The molecule has 0 radical (unpaired) electrons. The topological polar surface area (TPSA) is 9.23 Å². The summed E-state index contributed by atoms with van der Waals surface area (Å²) in [5.74, 6) is 0. The fourth-order valence-electron chi connectivity index (χ4n) is 1.95. The maximum absolute atomic E-state index is 5.67. The zero-order valence-corrected chi connectivity index (χ0v) is 12.9. The van der Waals surface area contributed by atoms with Crippen molar-refractivity contribution in [2.24, 2.45) is 0 Å². The maximum Gasteiger partial charge on any atom is 0.0966 e. The third-order valence-electron chi connectivity index (χ3n) is 3.04. The van der Waals surface area contributed by atoms with Gasteiger partial charge in [0.2, 0.25) is 0 Å². The number of likely N-dealkylation sites (N-methyl/N-ethyl adjacent to an activating group) is 1. The Morgan fingerprint density at radius 3 is 2.47 bits per heavy atom. The molecule has 0 amide bonds. The van der Waals surface area contributed by atoms with Gasteiger partial charge in [-0.05, 0) is 24.5 Å². The average molecular weight is 284 g/mol. The predicted molar refractivity (Wildman–Crippen MR) is 77.4 cm³/mol. The van der Waals surface area contributed by atoms with Gasteiger partial charge < -0.3 is 21.6 Å². The van der Waals surface area contributed by atoms with E-state index < -0.39 is 0 Å². The molecule has 0 bridgehead atoms. The molecule has 1 aromatic carbocycles. The molecule has 0 N–H and O–H groups in total. The van der Waals surface area contributed by atoms with Crippen molar-refractivity contribution >= 4 is 0 Å². The van der Waals surface area contributed by atoms with Crippen molar-refractivity contribution in [3.63, 3.8) is 0 Å². The highest BCUT2D eigenvalue weighted by atomic mass is 35.5. The Kier molecular flexibility index (Phi) is 9.58. The van der Waals surface area contributed by atoms with Crippen molar-refractivity contribution in [1.82, 2.24) is 0 Å². The standard InChI is InChI=1S/C16H26NO.ClH/c1-4-12-17(2,3)13-8-9-14-18-15-16-10-6-5-7-11-16;/h4-7,10-11H,1,8-9,12-15H2,2-3H3;1H/q+1;/p-1. The molecule has 0 aliphatic rings. The largest absolute Gasteiger partial charge is 1.00 e. The van der Waals surface area contributed by atoms with Crippen molar-refractivity contribution in [3.8, 4) is 0 Å². The van der Waals surface area contributed by atoms with Crippen LogP contribution in [0.1, 0.15) is 18.4 Å². The van der Waals surface area contributed by atoms with Gasteiger partial charge in [-0.3, -0.25) is 0 Å². The number of ether oxygens (including phenoxy) is 1. The first kappa shape index (κ1) is 18.2. The van der Waals surface area contributed by atoms with Crippen LogP contribution in [0.3, 0.4) is 0 Å². The molecule has 2 nitrogen and oxygen atoms in total. The minimum Gasteiger partial charge on any atom is -1.00 e. The highest BCUT2D eigenvalue weighted by Crippen LogP contribution is 2.04. The first-order valence-corrected chi connectivity index (χ1v) is 6.68. The molecular weight excluding hydrogens is 258 g/mol. The highest BCUT2D eigenvalue weighted by molar-refractivity contribution is 5.13. The lowest BCUT2D eigenvalue weighted by Gasteiger charge is -2.28. The van der Waals surface area contributed by atoms with E-state index in [1.165, 1.54) is 18.5 Å². The van der Waals surface area contributed by atoms with Gasteiger partial charge in [-0.1, -0.05) is 36.9 Å². The Balaban J connectivity index is 0.00000324. The Bertz CT molecular complexity index is 338. The van der Waals surface area contributed by atoms with Crippen LogP contribution >= 0.6 is 0 Å². The summed E-state index contributed by atoms with van der Waals surface area (Å²) in [6, 6.07) is 10.3. The summed E-state index contributed by atoms with van der Waals surface area (Å²) in [4.78, 5) is 0. The van der Waals surface area contributed by atoms with Crippen molar-refractivity contribution < 1.29 is 21.6 Å². The molecule has 3 heteroatoms. The zero-order valence-electron chi connectivity index (χ0n) is 12.1. The van der Waals surface area contributed by atoms with E-state index in [0.29, 0.717) is 0 Å². The molecule has 108 valence electrons. The normalized spacial score (nSPS) is 10.8. The molecule has 0 saturated heterocycles. The van der Waals surface area contributed by atoms with E-state index in [1.807, 2.05) is 24.3 Å². The van der Waals surface area contributed by atoms with Gasteiger partial charge in [-0.2, -0.15) is 0 Å². The fourth-order valence-corrected chi connectivity index (χ4v) is 1.95. The number of hydrogen-bond donors (Lipinski definition) is 0. The second-order valence-corrected chi connectivity index (χ2v) is 5.38. The van der Waals surface area contributed by atoms with Crippen molar-refractivity contribution in [1.29, 1.82) is 0 Å². The minimum absolute atomic E-state index is 0. The first-order valence-electron chi connectivity index (χ1n) is 6.68. The molecule has 0 saturated carbocycles. The van der Waals surface area contributed by atoms with E-state index in [-0.39, 0.29) is 12.4 Å². The number of nitrogens with zero attached hydrogens (tertiary/aromatic N) is 1. The highest BCUT2D eigenvalue weighted by Gasteiger charge is 2.11. The SMILES string of the molecule is C=CC[N+](C)(C)CCCCOCc1ccccc1.[Cl-]. The van der Waals surface area contributed by atoms with Gasteiger partial charge in [-0.15, -0.1) is 0 Å². The lowest BCUT2D eigenvalue weighted by atomic mass is 10.2. The van der Waals surface area contributed by atoms with Crippen LogP contribution in [0, 0.1) is 0 Å². The predicted octanol–water partition coefficient (Wildman–Crippen LogP) is 0.250. The summed E-state index contributed by atoms with van der Waals surface area (Å²) in [7, 11) is 4.49. The number of halogens is 1. The molecule has 0 aliphatic carbocycles. The summed E-state index contributed by atoms with van der Waals surface area (Å²) in [6.07, 6.45) is 4.33. The van der Waals surface area contributed by atoms with Crippen molar-refractivity contribution in [3.05, 3.63) is 48.6 Å². The quantitative estimate of drug-likeness (QED) is 0.359. The van der Waals surface area contributed by atoms with Crippen LogP contribution in [0.25, 0.3) is 0 Å². The molecule has 0 heterocycles. The molecule has 1 rings (SSSR count). The third kappa shape index (κ3) is 8.82. The second kappa shape index (κ2) is 10.0. The van der Waals surface area contributed by atoms with Gasteiger partial charge in [0.1, 0.15) is 0 Å². The molecular formula is C16H26ClNO. The van der Waals surface area contributed by atoms with Crippen LogP contribution in [0.2, 0.25) is 0 Å². The number of quaternary nitrogens is 1. The molecule has 0 aromatic heterocycles. The monoisotopic (exact) mass is 283 g/mol. The zero-order chi connectivity index (χ0) is 13.3. The molecule has 19 heavy (non-hydrogen) atoms. The molecule has 0 atom stereocenters. The molecule has 1 aromatic rings. The van der Waals surface area contributed by atoms with Gasteiger partial charge in [0.05, 0.1) is 33.8 Å². The number of rotatable bonds is 9. The van der Waals surface area contributed by atoms with Crippen LogP contribution in [0.15, 0.2) is 43.0 Å². The van der Waals surface area contributed by atoms with Crippen molar-refractivity contribution in [2.75, 3.05) is 33.8 Å². The maximum atomic E-state index is 5.67. The number of unbranched alkanes of at least 4 members (excludes halogenated alkanes) is 1. The Labute approximate surface area is 124 Å². The van der Waals surface area contributed by atoms with Gasteiger partial charge in [0.25, 0.3) is 0 Å². The summed E-state index contributed by atoms with van der Waals surface area (Å²) < 4.78 is 6.68. The lowest BCUT2D eigenvalue weighted by Crippen LogP contribution is -3.00. The minimum atomic E-state index is 0. The molecule has 0 fully saturated rings. The Morgan fingerprint density at radius 2 is 1.84 bits per heavy atom. The van der Waals surface area contributed by atoms with Crippen LogP contribution in [-0.4, -0.2) is 38.3 Å². The Morgan fingerprint density at radius 1 is 1.16 bits per heavy atom. The van der Waals surface area contributed by atoms with Crippen LogP contribution < -0.4 is 12.4 Å². The van der Waals surface area contributed by atoms with E-state index in [0.717, 1.165) is 30.7 Å². The van der Waals surface area contributed by atoms with Crippen LogP contribution in [-0.2, 0) is 11.3 Å². The molecule has 0 unspecified atom stereocenters. The van der Waals surface area contributed by atoms with Crippen LogP contribution in [0.5, 0.6) is 0 Å². The number of hydrogen-bond acceptors (Lipinski definition) is 1. The van der Waals surface area contributed by atoms with Crippen LogP contribution in [0.4, 0.5) is 0 Å². The van der Waals surface area contributed by atoms with E-state index in [1.54, 1.807) is 0 Å². The average Bonchev–Trinajstić information content (AvgIpc) is 2.35. The smallest absolute Gasteiger partial charge is 0.0966 e. The van der Waals surface area contributed by atoms with Gasteiger partial charge >= 0.3 is 0 Å². The third-order valence-corrected chi connectivity index (χ3v) is 3.04. The van der Waals surface area contributed by atoms with Gasteiger partial charge in [-0.25, -0.2) is 0 Å². The summed E-state index contributed by atoms with van der Waals surface area (Å²) in [6.45, 7) is 7.59. The fraction of sp³-hybridized carbons (Fsp3) is 0.500. The molecule has 0 aliphatic heterocycles. The van der Waals surface area contributed by atoms with E-state index in [4.69, 9.17) is 4.74 Å². The van der Waals surface area contributed by atoms with Crippen molar-refractivity contribution in [2.45, 2.75) is 19.4 Å². The molecule has 0 spiro atoms. The van der Waals surface area contributed by atoms with E-state index in [2.05, 4.69) is 32.8 Å². The van der Waals surface area contributed by atoms with E-state index >= 15 is 0 Å². The Hall–Kier alpha value is -0.830. The van der Waals surface area contributed by atoms with Gasteiger partial charge in [0, 0.05) is 6.61 Å².